The van der Waals surface area contributed by atoms with E-state index in [0.29, 0.717) is 0 Å². The molecular formula is C15H12OS. The van der Waals surface area contributed by atoms with Crippen LogP contribution in [0.25, 0.3) is 0 Å². The van der Waals surface area contributed by atoms with Crippen molar-refractivity contribution in [2.45, 2.75) is 17.6 Å². The second-order valence-electron chi connectivity index (χ2n) is 4.22. The number of carbonyl (C=O) groups excluding carboxylic acids is 1. The van der Waals surface area contributed by atoms with Gasteiger partial charge in [0.15, 0.2) is 5.78 Å². The smallest absolute Gasteiger partial charge is 0.194 e. The Morgan fingerprint density at radius 1 is 1.06 bits per heavy atom. The highest BCUT2D eigenvalue weighted by molar-refractivity contribution is 7.98. The third-order valence-electron chi connectivity index (χ3n) is 3.10. The molecule has 0 aromatic heterocycles. The van der Waals surface area contributed by atoms with Crippen LogP contribution in [-0.2, 0) is 5.75 Å². The van der Waals surface area contributed by atoms with Crippen LogP contribution in [-0.4, -0.2) is 5.78 Å². The first-order valence-corrected chi connectivity index (χ1v) is 6.61. The molecule has 17 heavy (non-hydrogen) atoms. The van der Waals surface area contributed by atoms with Gasteiger partial charge in [-0.15, -0.1) is 11.8 Å². The fourth-order valence-electron chi connectivity index (χ4n) is 2.24. The van der Waals surface area contributed by atoms with E-state index in [4.69, 9.17) is 0 Å². The number of rotatable bonds is 0. The van der Waals surface area contributed by atoms with Crippen molar-refractivity contribution >= 4 is 17.5 Å². The molecule has 0 spiro atoms. The van der Waals surface area contributed by atoms with Crippen LogP contribution in [0.4, 0.5) is 0 Å². The Hall–Kier alpha value is -1.54. The Bertz CT molecular complexity index is 602. The molecule has 1 aliphatic heterocycles. The minimum atomic E-state index is 0.165. The van der Waals surface area contributed by atoms with Gasteiger partial charge in [0.05, 0.1) is 0 Å². The van der Waals surface area contributed by atoms with Gasteiger partial charge < -0.3 is 0 Å². The highest BCUT2D eigenvalue weighted by Gasteiger charge is 2.22. The van der Waals surface area contributed by atoms with Gasteiger partial charge in [0.1, 0.15) is 0 Å². The van der Waals surface area contributed by atoms with Gasteiger partial charge in [-0.1, -0.05) is 30.3 Å². The summed E-state index contributed by atoms with van der Waals surface area (Å²) < 4.78 is 0. The predicted octanol–water partition coefficient (Wildman–Crippen LogP) is 3.83. The molecular weight excluding hydrogens is 228 g/mol. The minimum Gasteiger partial charge on any atom is -0.289 e. The third kappa shape index (κ3) is 1.69. The van der Waals surface area contributed by atoms with Crippen molar-refractivity contribution in [3.63, 3.8) is 0 Å². The summed E-state index contributed by atoms with van der Waals surface area (Å²) in [6.07, 6.45) is 0. The van der Waals surface area contributed by atoms with Gasteiger partial charge in [0, 0.05) is 21.8 Å². The van der Waals surface area contributed by atoms with Crippen molar-refractivity contribution in [1.82, 2.24) is 0 Å². The lowest BCUT2D eigenvalue weighted by Gasteiger charge is -2.07. The number of fused-ring (bicyclic) bond motifs is 2. The third-order valence-corrected chi connectivity index (χ3v) is 4.22. The number of benzene rings is 2. The van der Waals surface area contributed by atoms with Crippen LogP contribution >= 0.6 is 11.8 Å². The number of hydrogen-bond donors (Lipinski definition) is 0. The molecule has 84 valence electrons. The fourth-order valence-corrected chi connectivity index (χ4v) is 3.29. The van der Waals surface area contributed by atoms with Crippen LogP contribution < -0.4 is 0 Å². The molecule has 2 aromatic rings. The summed E-state index contributed by atoms with van der Waals surface area (Å²) >= 11 is 1.74. The Morgan fingerprint density at radius 3 is 2.76 bits per heavy atom. The Balaban J connectivity index is 2.26. The lowest BCUT2D eigenvalue weighted by atomic mass is 9.95. The summed E-state index contributed by atoms with van der Waals surface area (Å²) in [4.78, 5) is 13.6. The molecule has 1 aliphatic rings. The molecule has 0 saturated heterocycles. The summed E-state index contributed by atoms with van der Waals surface area (Å²) in [6, 6.07) is 14.0. The first-order chi connectivity index (χ1) is 8.27. The molecule has 1 heterocycles. The van der Waals surface area contributed by atoms with Gasteiger partial charge in [0.25, 0.3) is 0 Å². The predicted molar refractivity (Wildman–Crippen MR) is 70.6 cm³/mol. The SMILES string of the molecule is Cc1cccc2c1C(=O)c1ccccc1SC2. The molecule has 0 N–H and O–H groups in total. The quantitative estimate of drug-likeness (QED) is 0.696. The van der Waals surface area contributed by atoms with E-state index < -0.39 is 0 Å². The molecule has 0 saturated carbocycles. The summed E-state index contributed by atoms with van der Waals surface area (Å²) in [7, 11) is 0. The average Bonchev–Trinajstić information content (AvgIpc) is 2.49. The van der Waals surface area contributed by atoms with E-state index in [9.17, 15) is 4.79 Å². The number of carbonyl (C=O) groups is 1. The molecule has 0 atom stereocenters. The van der Waals surface area contributed by atoms with E-state index in [1.54, 1.807) is 11.8 Å². The molecule has 0 unspecified atom stereocenters. The number of thioether (sulfide) groups is 1. The molecule has 0 fully saturated rings. The van der Waals surface area contributed by atoms with Gasteiger partial charge in [0.2, 0.25) is 0 Å². The van der Waals surface area contributed by atoms with Crippen molar-refractivity contribution in [2.24, 2.45) is 0 Å². The highest BCUT2D eigenvalue weighted by atomic mass is 32.2. The van der Waals surface area contributed by atoms with Gasteiger partial charge in [-0.3, -0.25) is 4.79 Å². The standard InChI is InChI=1S/C15H12OS/c1-10-5-4-6-11-9-17-13-8-3-2-7-12(13)15(16)14(10)11/h2-8H,9H2,1H3. The van der Waals surface area contributed by atoms with Crippen molar-refractivity contribution in [1.29, 1.82) is 0 Å². The first-order valence-electron chi connectivity index (χ1n) is 5.62. The van der Waals surface area contributed by atoms with Crippen LogP contribution in [0.15, 0.2) is 47.4 Å². The second-order valence-corrected chi connectivity index (χ2v) is 5.24. The first kappa shape index (κ1) is 10.6. The zero-order valence-electron chi connectivity index (χ0n) is 9.57. The van der Waals surface area contributed by atoms with Crippen LogP contribution in [0.5, 0.6) is 0 Å². The van der Waals surface area contributed by atoms with Gasteiger partial charge in [-0.2, -0.15) is 0 Å². The van der Waals surface area contributed by atoms with Crippen LogP contribution in [0, 0.1) is 6.92 Å². The van der Waals surface area contributed by atoms with E-state index in [1.165, 1.54) is 0 Å². The van der Waals surface area contributed by atoms with E-state index in [0.717, 1.165) is 32.9 Å². The van der Waals surface area contributed by atoms with Crippen molar-refractivity contribution in [3.05, 3.63) is 64.7 Å². The summed E-state index contributed by atoms with van der Waals surface area (Å²) in [5, 5.41) is 0. The Labute approximate surface area is 105 Å². The average molecular weight is 240 g/mol. The molecule has 0 radical (unpaired) electrons. The lowest BCUT2D eigenvalue weighted by Crippen LogP contribution is -2.05. The Morgan fingerprint density at radius 2 is 1.88 bits per heavy atom. The lowest BCUT2D eigenvalue weighted by molar-refractivity contribution is 0.103. The van der Waals surface area contributed by atoms with Crippen LogP contribution in [0.2, 0.25) is 0 Å². The maximum atomic E-state index is 12.5. The summed E-state index contributed by atoms with van der Waals surface area (Å²) in [5.74, 6) is 1.04. The molecule has 3 rings (SSSR count). The largest absolute Gasteiger partial charge is 0.289 e. The molecule has 0 aliphatic carbocycles. The van der Waals surface area contributed by atoms with Gasteiger partial charge >= 0.3 is 0 Å². The summed E-state index contributed by atoms with van der Waals surface area (Å²) in [5.41, 5.74) is 3.96. The van der Waals surface area contributed by atoms with E-state index >= 15 is 0 Å². The number of aryl methyl sites for hydroxylation is 1. The number of hydrogen-bond acceptors (Lipinski definition) is 2. The fraction of sp³-hybridized carbons (Fsp3) is 0.133. The van der Waals surface area contributed by atoms with Crippen LogP contribution in [0.1, 0.15) is 27.0 Å². The summed E-state index contributed by atoms with van der Waals surface area (Å²) in [6.45, 7) is 2.01. The molecule has 1 nitrogen and oxygen atoms in total. The van der Waals surface area contributed by atoms with E-state index in [2.05, 4.69) is 6.07 Å². The van der Waals surface area contributed by atoms with Gasteiger partial charge in [-0.05, 0) is 30.2 Å². The van der Waals surface area contributed by atoms with Crippen molar-refractivity contribution < 1.29 is 4.79 Å². The molecule has 0 amide bonds. The Kier molecular flexibility index (Phi) is 2.52. The molecule has 2 heteroatoms. The minimum absolute atomic E-state index is 0.165. The molecule has 2 aromatic carbocycles. The second kappa shape index (κ2) is 4.04. The van der Waals surface area contributed by atoms with Crippen molar-refractivity contribution in [2.75, 3.05) is 0 Å². The zero-order valence-corrected chi connectivity index (χ0v) is 10.4. The number of ketones is 1. The van der Waals surface area contributed by atoms with Crippen molar-refractivity contribution in [3.8, 4) is 0 Å². The maximum absolute atomic E-state index is 12.5. The zero-order chi connectivity index (χ0) is 11.8. The molecule has 0 bridgehead atoms. The highest BCUT2D eigenvalue weighted by Crippen LogP contribution is 2.34. The normalized spacial score (nSPS) is 13.8. The monoisotopic (exact) mass is 240 g/mol. The van der Waals surface area contributed by atoms with E-state index in [-0.39, 0.29) is 5.78 Å². The van der Waals surface area contributed by atoms with Gasteiger partial charge in [-0.25, -0.2) is 0 Å². The maximum Gasteiger partial charge on any atom is 0.194 e. The topological polar surface area (TPSA) is 17.1 Å². The van der Waals surface area contributed by atoms with Crippen LogP contribution in [0.3, 0.4) is 0 Å². The van der Waals surface area contributed by atoms with E-state index in [1.807, 2.05) is 43.3 Å².